The van der Waals surface area contributed by atoms with Gasteiger partial charge in [0.1, 0.15) is 0 Å². The Balaban J connectivity index is 3.24. The zero-order valence-electron chi connectivity index (χ0n) is 10.8. The third-order valence-electron chi connectivity index (χ3n) is 2.20. The Labute approximate surface area is 108 Å². The molecule has 4 nitrogen and oxygen atoms in total. The number of thioether (sulfide) groups is 1. The molecule has 0 unspecified atom stereocenters. The average molecular weight is 260 g/mol. The monoisotopic (exact) mass is 260 g/mol. The van der Waals surface area contributed by atoms with E-state index in [1.165, 1.54) is 0 Å². The van der Waals surface area contributed by atoms with Crippen LogP contribution in [0.2, 0.25) is 0 Å². The summed E-state index contributed by atoms with van der Waals surface area (Å²) in [6.45, 7) is 4.95. The Morgan fingerprint density at radius 2 is 1.88 bits per heavy atom. The van der Waals surface area contributed by atoms with Crippen molar-refractivity contribution in [1.29, 1.82) is 0 Å². The van der Waals surface area contributed by atoms with Gasteiger partial charge in [-0.2, -0.15) is 11.8 Å². The minimum absolute atomic E-state index is 0.119. The van der Waals surface area contributed by atoms with Crippen LogP contribution in [0.15, 0.2) is 0 Å². The van der Waals surface area contributed by atoms with Gasteiger partial charge in [0.15, 0.2) is 0 Å². The van der Waals surface area contributed by atoms with Crippen molar-refractivity contribution < 1.29 is 9.59 Å². The van der Waals surface area contributed by atoms with Gasteiger partial charge in [0, 0.05) is 25.1 Å². The van der Waals surface area contributed by atoms with Gasteiger partial charge in [-0.05, 0) is 18.1 Å². The van der Waals surface area contributed by atoms with Crippen LogP contribution in [-0.2, 0) is 9.59 Å². The van der Waals surface area contributed by atoms with Crippen LogP contribution in [0, 0.1) is 0 Å². The standard InChI is InChI=1S/C12H24N2O2S/c1-10(2)17-9-7-12(16)14-8-5-3-4-6-11(13)15/h10H,3-9H2,1-2H3,(H2,13,15)(H,14,16). The van der Waals surface area contributed by atoms with Gasteiger partial charge in [0.2, 0.25) is 11.8 Å². The smallest absolute Gasteiger partial charge is 0.220 e. The molecule has 100 valence electrons. The van der Waals surface area contributed by atoms with Crippen LogP contribution in [-0.4, -0.2) is 29.4 Å². The molecule has 0 spiro atoms. The molecular formula is C12H24N2O2S. The zero-order chi connectivity index (χ0) is 13.1. The van der Waals surface area contributed by atoms with Crippen molar-refractivity contribution in [1.82, 2.24) is 5.32 Å². The van der Waals surface area contributed by atoms with Gasteiger partial charge in [-0.15, -0.1) is 0 Å². The molecule has 0 bridgehead atoms. The predicted molar refractivity (Wildman–Crippen MR) is 72.9 cm³/mol. The number of carbonyl (C=O) groups excluding carboxylic acids is 2. The molecule has 0 fully saturated rings. The van der Waals surface area contributed by atoms with Crippen LogP contribution >= 0.6 is 11.8 Å². The first kappa shape index (κ1) is 16.3. The lowest BCUT2D eigenvalue weighted by Gasteiger charge is -2.06. The van der Waals surface area contributed by atoms with Crippen molar-refractivity contribution >= 4 is 23.6 Å². The van der Waals surface area contributed by atoms with E-state index in [2.05, 4.69) is 19.2 Å². The van der Waals surface area contributed by atoms with Gasteiger partial charge < -0.3 is 11.1 Å². The Kier molecular flexibility index (Phi) is 10.0. The molecule has 5 heteroatoms. The van der Waals surface area contributed by atoms with Crippen molar-refractivity contribution in [2.75, 3.05) is 12.3 Å². The average Bonchev–Trinajstić information content (AvgIpc) is 2.22. The molecule has 3 N–H and O–H groups in total. The quantitative estimate of drug-likeness (QED) is 0.587. The van der Waals surface area contributed by atoms with E-state index in [4.69, 9.17) is 5.73 Å². The van der Waals surface area contributed by atoms with Gasteiger partial charge in [0.05, 0.1) is 0 Å². The fourth-order valence-corrected chi connectivity index (χ4v) is 2.08. The van der Waals surface area contributed by atoms with Crippen LogP contribution in [0.3, 0.4) is 0 Å². The van der Waals surface area contributed by atoms with E-state index in [-0.39, 0.29) is 11.8 Å². The van der Waals surface area contributed by atoms with Crippen LogP contribution in [0.25, 0.3) is 0 Å². The van der Waals surface area contributed by atoms with E-state index in [9.17, 15) is 9.59 Å². The molecule has 0 saturated carbocycles. The van der Waals surface area contributed by atoms with Gasteiger partial charge in [0.25, 0.3) is 0 Å². The fourth-order valence-electron chi connectivity index (χ4n) is 1.30. The van der Waals surface area contributed by atoms with Crippen molar-refractivity contribution in [2.24, 2.45) is 5.73 Å². The third kappa shape index (κ3) is 13.2. The molecular weight excluding hydrogens is 236 g/mol. The summed E-state index contributed by atoms with van der Waals surface area (Å²) in [4.78, 5) is 21.8. The Bertz CT molecular complexity index is 233. The molecule has 0 aromatic heterocycles. The van der Waals surface area contributed by atoms with Crippen molar-refractivity contribution in [2.45, 2.75) is 51.2 Å². The lowest BCUT2D eigenvalue weighted by atomic mass is 10.2. The molecule has 0 aliphatic carbocycles. The maximum absolute atomic E-state index is 11.4. The van der Waals surface area contributed by atoms with Crippen LogP contribution in [0.1, 0.15) is 46.0 Å². The number of carbonyl (C=O) groups is 2. The van der Waals surface area contributed by atoms with Gasteiger partial charge in [-0.1, -0.05) is 20.3 Å². The van der Waals surface area contributed by atoms with E-state index in [0.29, 0.717) is 24.6 Å². The number of primary amides is 1. The first-order valence-corrected chi connectivity index (χ1v) is 7.24. The molecule has 0 aromatic rings. The molecule has 0 saturated heterocycles. The van der Waals surface area contributed by atoms with Gasteiger partial charge in [-0.3, -0.25) is 9.59 Å². The van der Waals surface area contributed by atoms with Gasteiger partial charge >= 0.3 is 0 Å². The van der Waals surface area contributed by atoms with E-state index >= 15 is 0 Å². The topological polar surface area (TPSA) is 72.2 Å². The molecule has 0 aliphatic heterocycles. The molecule has 0 aromatic carbocycles. The molecule has 0 rings (SSSR count). The van der Waals surface area contributed by atoms with E-state index in [1.54, 1.807) is 11.8 Å². The Morgan fingerprint density at radius 3 is 2.47 bits per heavy atom. The maximum Gasteiger partial charge on any atom is 0.220 e. The number of hydrogen-bond donors (Lipinski definition) is 2. The largest absolute Gasteiger partial charge is 0.370 e. The van der Waals surface area contributed by atoms with E-state index in [0.717, 1.165) is 25.0 Å². The first-order valence-electron chi connectivity index (χ1n) is 6.19. The maximum atomic E-state index is 11.4. The molecule has 17 heavy (non-hydrogen) atoms. The van der Waals surface area contributed by atoms with Gasteiger partial charge in [-0.25, -0.2) is 0 Å². The van der Waals surface area contributed by atoms with Crippen molar-refractivity contribution in [3.63, 3.8) is 0 Å². The second-order valence-electron chi connectivity index (χ2n) is 4.30. The minimum Gasteiger partial charge on any atom is -0.370 e. The number of unbranched alkanes of at least 4 members (excludes halogenated alkanes) is 2. The summed E-state index contributed by atoms with van der Waals surface area (Å²) < 4.78 is 0. The molecule has 0 radical (unpaired) electrons. The third-order valence-corrected chi connectivity index (χ3v) is 3.31. The minimum atomic E-state index is -0.250. The molecule has 0 atom stereocenters. The highest BCUT2D eigenvalue weighted by Gasteiger charge is 2.02. The molecule has 2 amide bonds. The van der Waals surface area contributed by atoms with E-state index in [1.807, 2.05) is 0 Å². The summed E-state index contributed by atoms with van der Waals surface area (Å²) in [5, 5.41) is 3.46. The summed E-state index contributed by atoms with van der Waals surface area (Å²) in [6.07, 6.45) is 3.69. The summed E-state index contributed by atoms with van der Waals surface area (Å²) in [7, 11) is 0. The summed E-state index contributed by atoms with van der Waals surface area (Å²) in [5.74, 6) is 0.748. The lowest BCUT2D eigenvalue weighted by molar-refractivity contribution is -0.121. The fraction of sp³-hybridized carbons (Fsp3) is 0.833. The van der Waals surface area contributed by atoms with E-state index < -0.39 is 0 Å². The van der Waals surface area contributed by atoms with Crippen LogP contribution in [0.5, 0.6) is 0 Å². The second kappa shape index (κ2) is 10.4. The number of hydrogen-bond acceptors (Lipinski definition) is 3. The highest BCUT2D eigenvalue weighted by molar-refractivity contribution is 7.99. The highest BCUT2D eigenvalue weighted by atomic mass is 32.2. The van der Waals surface area contributed by atoms with Crippen LogP contribution < -0.4 is 11.1 Å². The van der Waals surface area contributed by atoms with Crippen LogP contribution in [0.4, 0.5) is 0 Å². The summed E-state index contributed by atoms with van der Waals surface area (Å²) in [5.41, 5.74) is 5.02. The van der Waals surface area contributed by atoms with Crippen molar-refractivity contribution in [3.05, 3.63) is 0 Å². The molecule has 0 heterocycles. The van der Waals surface area contributed by atoms with Crippen molar-refractivity contribution in [3.8, 4) is 0 Å². The highest BCUT2D eigenvalue weighted by Crippen LogP contribution is 2.09. The number of rotatable bonds is 10. The SMILES string of the molecule is CC(C)SCCC(=O)NCCCCCC(N)=O. The Hall–Kier alpha value is -0.710. The first-order chi connectivity index (χ1) is 8.02. The predicted octanol–water partition coefficient (Wildman–Crippen LogP) is 1.68. The summed E-state index contributed by atoms with van der Waals surface area (Å²) in [6, 6.07) is 0. The number of amides is 2. The normalized spacial score (nSPS) is 10.5. The number of nitrogens with one attached hydrogen (secondary N) is 1. The summed E-state index contributed by atoms with van der Waals surface area (Å²) >= 11 is 1.80. The molecule has 0 aliphatic rings. The second-order valence-corrected chi connectivity index (χ2v) is 5.98. The Morgan fingerprint density at radius 1 is 1.18 bits per heavy atom. The lowest BCUT2D eigenvalue weighted by Crippen LogP contribution is -2.24. The number of nitrogens with two attached hydrogens (primary N) is 1. The zero-order valence-corrected chi connectivity index (χ0v) is 11.6.